The molecule has 1 saturated carbocycles. The van der Waals surface area contributed by atoms with Crippen LogP contribution in [0.4, 0.5) is 11.4 Å². The Kier molecular flexibility index (Phi) is 8.26. The van der Waals surface area contributed by atoms with Gasteiger partial charge in [-0.2, -0.15) is 0 Å². The fraction of sp³-hybridized carbons (Fsp3) is 0.259. The van der Waals surface area contributed by atoms with E-state index in [0.717, 1.165) is 28.4 Å². The maximum absolute atomic E-state index is 13.6. The first-order valence-corrected chi connectivity index (χ1v) is 14.4. The van der Waals surface area contributed by atoms with Gasteiger partial charge in [0.1, 0.15) is 0 Å². The third-order valence-corrected chi connectivity index (χ3v) is 8.53. The standard InChI is InChI=1S/C27H27BrClN3O4S/c1-17-13-18(2)15-22(14-17)32(37(35,36)23-8-3-19(28)4-9-23)12-11-26(33)30-21-7-10-24(25(29)16-21)27(34)31-20-5-6-20/h3-4,7-10,13-16,20H,5-6,11-12H2,1-2H3,(H,30,33)(H,31,34). The van der Waals surface area contributed by atoms with Crippen molar-refractivity contribution in [2.75, 3.05) is 16.2 Å². The molecule has 194 valence electrons. The first-order chi connectivity index (χ1) is 17.5. The summed E-state index contributed by atoms with van der Waals surface area (Å²) in [7, 11) is -3.93. The summed E-state index contributed by atoms with van der Waals surface area (Å²) in [5.74, 6) is -0.626. The lowest BCUT2D eigenvalue weighted by Crippen LogP contribution is -2.34. The first kappa shape index (κ1) is 27.2. The smallest absolute Gasteiger partial charge is 0.264 e. The number of nitrogens with one attached hydrogen (secondary N) is 2. The van der Waals surface area contributed by atoms with Crippen LogP contribution in [-0.2, 0) is 14.8 Å². The van der Waals surface area contributed by atoms with E-state index in [1.165, 1.54) is 22.5 Å². The van der Waals surface area contributed by atoms with Crippen molar-refractivity contribution in [1.29, 1.82) is 0 Å². The summed E-state index contributed by atoms with van der Waals surface area (Å²) in [5, 5.41) is 5.86. The summed E-state index contributed by atoms with van der Waals surface area (Å²) in [6, 6.07) is 16.8. The minimum atomic E-state index is -3.93. The number of hydrogen-bond acceptors (Lipinski definition) is 4. The second-order valence-corrected chi connectivity index (χ2v) is 12.3. The molecule has 1 fully saturated rings. The van der Waals surface area contributed by atoms with Gasteiger partial charge in [0.2, 0.25) is 5.91 Å². The Morgan fingerprint density at radius 2 is 1.65 bits per heavy atom. The molecule has 0 radical (unpaired) electrons. The zero-order valence-electron chi connectivity index (χ0n) is 20.4. The maximum Gasteiger partial charge on any atom is 0.264 e. The van der Waals surface area contributed by atoms with Crippen molar-refractivity contribution in [2.45, 2.75) is 44.0 Å². The number of halogens is 2. The normalized spacial score (nSPS) is 13.2. The van der Waals surface area contributed by atoms with Crippen LogP contribution in [0.25, 0.3) is 0 Å². The molecule has 4 rings (SSSR count). The van der Waals surface area contributed by atoms with E-state index in [2.05, 4.69) is 26.6 Å². The van der Waals surface area contributed by atoms with Crippen LogP contribution >= 0.6 is 27.5 Å². The molecule has 0 bridgehead atoms. The Hall–Kier alpha value is -2.88. The highest BCUT2D eigenvalue weighted by Crippen LogP contribution is 2.28. The zero-order chi connectivity index (χ0) is 26.7. The highest BCUT2D eigenvalue weighted by Gasteiger charge is 2.27. The van der Waals surface area contributed by atoms with E-state index in [-0.39, 0.29) is 40.7 Å². The van der Waals surface area contributed by atoms with Crippen LogP contribution in [0.5, 0.6) is 0 Å². The second kappa shape index (κ2) is 11.2. The van der Waals surface area contributed by atoms with Crippen LogP contribution in [-0.4, -0.2) is 32.8 Å². The Bertz CT molecular complexity index is 1420. The minimum Gasteiger partial charge on any atom is -0.349 e. The quantitative estimate of drug-likeness (QED) is 0.321. The number of nitrogens with zero attached hydrogens (tertiary/aromatic N) is 1. The SMILES string of the molecule is Cc1cc(C)cc(N(CCC(=O)Nc2ccc(C(=O)NC3CC3)c(Cl)c2)S(=O)(=O)c2ccc(Br)cc2)c1. The number of carbonyl (C=O) groups excluding carboxylic acids is 2. The second-order valence-electron chi connectivity index (χ2n) is 9.12. The van der Waals surface area contributed by atoms with Crippen molar-refractivity contribution in [3.05, 3.63) is 86.8 Å². The Morgan fingerprint density at radius 1 is 1.00 bits per heavy atom. The topological polar surface area (TPSA) is 95.6 Å². The van der Waals surface area contributed by atoms with E-state index in [1.54, 1.807) is 36.4 Å². The number of amides is 2. The van der Waals surface area contributed by atoms with E-state index in [1.807, 2.05) is 19.9 Å². The van der Waals surface area contributed by atoms with Crippen LogP contribution in [0.15, 0.2) is 70.0 Å². The molecule has 0 saturated heterocycles. The fourth-order valence-electron chi connectivity index (χ4n) is 3.91. The molecule has 0 aromatic heterocycles. The zero-order valence-corrected chi connectivity index (χ0v) is 23.6. The molecule has 37 heavy (non-hydrogen) atoms. The molecule has 2 amide bonds. The van der Waals surface area contributed by atoms with Gasteiger partial charge in [-0.05, 0) is 92.4 Å². The average molecular weight is 605 g/mol. The molecule has 0 spiro atoms. The number of sulfonamides is 1. The predicted molar refractivity (Wildman–Crippen MR) is 150 cm³/mol. The van der Waals surface area contributed by atoms with Crippen LogP contribution in [0.1, 0.15) is 40.7 Å². The van der Waals surface area contributed by atoms with Gasteiger partial charge in [-0.3, -0.25) is 13.9 Å². The summed E-state index contributed by atoms with van der Waals surface area (Å²) in [5.41, 5.74) is 3.08. The first-order valence-electron chi connectivity index (χ1n) is 11.8. The molecule has 0 heterocycles. The van der Waals surface area contributed by atoms with Crippen molar-refractivity contribution in [3.63, 3.8) is 0 Å². The third kappa shape index (κ3) is 6.91. The van der Waals surface area contributed by atoms with Gasteiger partial charge in [-0.25, -0.2) is 8.42 Å². The van der Waals surface area contributed by atoms with Gasteiger partial charge in [0.25, 0.3) is 15.9 Å². The Morgan fingerprint density at radius 3 is 2.24 bits per heavy atom. The highest BCUT2D eigenvalue weighted by atomic mass is 79.9. The van der Waals surface area contributed by atoms with Crippen LogP contribution in [0.3, 0.4) is 0 Å². The van der Waals surface area contributed by atoms with Crippen LogP contribution in [0.2, 0.25) is 5.02 Å². The molecule has 7 nitrogen and oxygen atoms in total. The predicted octanol–water partition coefficient (Wildman–Crippen LogP) is 5.84. The van der Waals surface area contributed by atoms with Gasteiger partial charge in [0, 0.05) is 29.2 Å². The van der Waals surface area contributed by atoms with E-state index in [9.17, 15) is 18.0 Å². The molecular weight excluding hydrogens is 578 g/mol. The lowest BCUT2D eigenvalue weighted by Gasteiger charge is -2.25. The highest BCUT2D eigenvalue weighted by molar-refractivity contribution is 9.10. The van der Waals surface area contributed by atoms with E-state index in [4.69, 9.17) is 11.6 Å². The lowest BCUT2D eigenvalue weighted by molar-refractivity contribution is -0.116. The minimum absolute atomic E-state index is 0.0667. The third-order valence-electron chi connectivity index (χ3n) is 5.85. The fourth-order valence-corrected chi connectivity index (χ4v) is 5.89. The van der Waals surface area contributed by atoms with Crippen LogP contribution in [0, 0.1) is 13.8 Å². The number of carbonyl (C=O) groups is 2. The van der Waals surface area contributed by atoms with E-state index in [0.29, 0.717) is 16.9 Å². The van der Waals surface area contributed by atoms with Crippen LogP contribution < -0.4 is 14.9 Å². The van der Waals surface area contributed by atoms with Crippen molar-refractivity contribution in [1.82, 2.24) is 5.32 Å². The molecule has 3 aromatic rings. The lowest BCUT2D eigenvalue weighted by atomic mass is 10.1. The number of hydrogen-bond donors (Lipinski definition) is 2. The number of benzene rings is 3. The number of rotatable bonds is 9. The molecule has 2 N–H and O–H groups in total. The molecule has 10 heteroatoms. The monoisotopic (exact) mass is 603 g/mol. The van der Waals surface area contributed by atoms with Crippen molar-refractivity contribution < 1.29 is 18.0 Å². The molecule has 3 aromatic carbocycles. The number of anilines is 2. The van der Waals surface area contributed by atoms with Crippen molar-refractivity contribution in [3.8, 4) is 0 Å². The molecule has 1 aliphatic carbocycles. The molecule has 0 aliphatic heterocycles. The Labute approximate surface area is 230 Å². The van der Waals surface area contributed by atoms with Gasteiger partial charge < -0.3 is 10.6 Å². The van der Waals surface area contributed by atoms with Gasteiger partial charge >= 0.3 is 0 Å². The van der Waals surface area contributed by atoms with Gasteiger partial charge in [0.15, 0.2) is 0 Å². The summed E-state index contributed by atoms with van der Waals surface area (Å²) < 4.78 is 29.2. The van der Waals surface area contributed by atoms with Gasteiger partial charge in [-0.1, -0.05) is 33.6 Å². The van der Waals surface area contributed by atoms with Crippen molar-refractivity contribution in [2.24, 2.45) is 0 Å². The average Bonchev–Trinajstić information content (AvgIpc) is 3.62. The van der Waals surface area contributed by atoms with E-state index < -0.39 is 10.0 Å². The van der Waals surface area contributed by atoms with Gasteiger partial charge in [-0.15, -0.1) is 0 Å². The summed E-state index contributed by atoms with van der Waals surface area (Å²) >= 11 is 9.62. The molecule has 0 atom stereocenters. The molecular formula is C27H27BrClN3O4S. The van der Waals surface area contributed by atoms with Gasteiger partial charge in [0.05, 0.1) is 21.2 Å². The molecule has 1 aliphatic rings. The van der Waals surface area contributed by atoms with E-state index >= 15 is 0 Å². The Balaban J connectivity index is 1.51. The van der Waals surface area contributed by atoms with Crippen molar-refractivity contribution >= 4 is 60.7 Å². The summed E-state index contributed by atoms with van der Waals surface area (Å²) in [4.78, 5) is 25.2. The molecule has 0 unspecified atom stereocenters. The number of aryl methyl sites for hydroxylation is 2. The summed E-state index contributed by atoms with van der Waals surface area (Å²) in [6.45, 7) is 3.72. The largest absolute Gasteiger partial charge is 0.349 e. The summed E-state index contributed by atoms with van der Waals surface area (Å²) in [6.07, 6.45) is 1.84. The maximum atomic E-state index is 13.6.